The van der Waals surface area contributed by atoms with Gasteiger partial charge in [0.1, 0.15) is 8.42 Å². The molecule has 4 rings (SSSR count). The number of ether oxygens (including phenoxy) is 1. The third kappa shape index (κ3) is 7.50. The summed E-state index contributed by atoms with van der Waals surface area (Å²) in [7, 11) is -8.06. The van der Waals surface area contributed by atoms with E-state index in [-0.39, 0.29) is 36.1 Å². The van der Waals surface area contributed by atoms with Crippen LogP contribution in [0.2, 0.25) is 10.0 Å². The van der Waals surface area contributed by atoms with Crippen LogP contribution >= 0.6 is 45.9 Å². The molecule has 1 amide bonds. The van der Waals surface area contributed by atoms with Gasteiger partial charge in [-0.05, 0) is 59.3 Å². The van der Waals surface area contributed by atoms with Crippen molar-refractivity contribution in [2.75, 3.05) is 21.4 Å². The van der Waals surface area contributed by atoms with Gasteiger partial charge >= 0.3 is 5.97 Å². The zero-order valence-electron chi connectivity index (χ0n) is 19.4. The minimum absolute atomic E-state index is 0.00698. The minimum Gasteiger partial charge on any atom is -0.452 e. The summed E-state index contributed by atoms with van der Waals surface area (Å²) in [6, 6.07) is 13.8. The fourth-order valence-corrected chi connectivity index (χ4v) is 7.50. The first-order valence-electron chi connectivity index (χ1n) is 10.6. The van der Waals surface area contributed by atoms with E-state index in [9.17, 15) is 26.4 Å². The number of carbonyl (C=O) groups is 2. The second-order valence-electron chi connectivity index (χ2n) is 7.62. The van der Waals surface area contributed by atoms with E-state index in [1.807, 2.05) is 0 Å². The Hall–Kier alpha value is -3.14. The van der Waals surface area contributed by atoms with Crippen molar-refractivity contribution in [3.8, 4) is 0 Å². The van der Waals surface area contributed by atoms with E-state index in [1.54, 1.807) is 22.9 Å². The number of carbonyl (C=O) groups excluding carboxylic acids is 2. The molecule has 0 radical (unpaired) electrons. The molecule has 0 spiro atoms. The number of halogens is 2. The lowest BCUT2D eigenvalue weighted by atomic mass is 10.2. The maximum absolute atomic E-state index is 12.8. The highest BCUT2D eigenvalue weighted by Crippen LogP contribution is 2.28. The molecule has 0 bridgehead atoms. The third-order valence-corrected chi connectivity index (χ3v) is 10.9. The van der Waals surface area contributed by atoms with Crippen molar-refractivity contribution in [1.82, 2.24) is 0 Å². The summed E-state index contributed by atoms with van der Waals surface area (Å²) < 4.78 is 60.7. The van der Waals surface area contributed by atoms with E-state index in [1.165, 1.54) is 36.4 Å². The number of hydrogen-bond donors (Lipinski definition) is 3. The number of thiophene rings is 2. The van der Waals surface area contributed by atoms with Gasteiger partial charge in [0.05, 0.1) is 27.6 Å². The average Bonchev–Trinajstić information content (AvgIpc) is 3.59. The molecular formula is C23H17Cl2N3O7S4. The first-order valence-corrected chi connectivity index (χ1v) is 16.1. The predicted octanol–water partition coefficient (Wildman–Crippen LogP) is 5.51. The van der Waals surface area contributed by atoms with E-state index in [0.29, 0.717) is 5.02 Å². The van der Waals surface area contributed by atoms with E-state index >= 15 is 0 Å². The average molecular weight is 647 g/mol. The smallest absolute Gasteiger partial charge is 0.338 e. The number of rotatable bonds is 10. The number of benzene rings is 2. The quantitative estimate of drug-likeness (QED) is 0.192. The van der Waals surface area contributed by atoms with Crippen LogP contribution in [-0.2, 0) is 29.6 Å². The van der Waals surface area contributed by atoms with Crippen molar-refractivity contribution in [2.24, 2.45) is 0 Å². The van der Waals surface area contributed by atoms with Crippen molar-refractivity contribution in [3.63, 3.8) is 0 Å². The number of nitrogens with one attached hydrogen (secondary N) is 3. The van der Waals surface area contributed by atoms with Crippen LogP contribution in [0.3, 0.4) is 0 Å². The third-order valence-electron chi connectivity index (χ3n) is 4.73. The van der Waals surface area contributed by atoms with Crippen LogP contribution in [0, 0.1) is 0 Å². The molecule has 4 aromatic rings. The maximum atomic E-state index is 12.8. The van der Waals surface area contributed by atoms with Gasteiger partial charge in [0, 0.05) is 5.02 Å². The molecule has 0 aliphatic heterocycles. The van der Waals surface area contributed by atoms with Crippen molar-refractivity contribution in [3.05, 3.63) is 87.0 Å². The number of esters is 1. The van der Waals surface area contributed by atoms with Gasteiger partial charge in [-0.1, -0.05) is 35.3 Å². The molecule has 16 heteroatoms. The fourth-order valence-electron chi connectivity index (χ4n) is 3.10. The van der Waals surface area contributed by atoms with Crippen LogP contribution in [0.15, 0.2) is 79.8 Å². The molecule has 10 nitrogen and oxygen atoms in total. The van der Waals surface area contributed by atoms with Gasteiger partial charge in [0.25, 0.3) is 26.0 Å². The molecule has 39 heavy (non-hydrogen) atoms. The molecule has 2 aromatic carbocycles. The van der Waals surface area contributed by atoms with Gasteiger partial charge in [0.2, 0.25) is 0 Å². The van der Waals surface area contributed by atoms with Crippen LogP contribution < -0.4 is 14.8 Å². The minimum atomic E-state index is -4.03. The van der Waals surface area contributed by atoms with Crippen molar-refractivity contribution >= 4 is 94.9 Å². The predicted molar refractivity (Wildman–Crippen MR) is 152 cm³/mol. The first kappa shape index (κ1) is 28.9. The van der Waals surface area contributed by atoms with E-state index < -0.39 is 38.5 Å². The fraction of sp³-hybridized carbons (Fsp3) is 0.0435. The Morgan fingerprint density at radius 1 is 0.795 bits per heavy atom. The lowest BCUT2D eigenvalue weighted by Gasteiger charge is -2.13. The lowest BCUT2D eigenvalue weighted by Crippen LogP contribution is -2.21. The maximum Gasteiger partial charge on any atom is 0.338 e. The van der Waals surface area contributed by atoms with Gasteiger partial charge < -0.3 is 10.1 Å². The second-order valence-corrected chi connectivity index (χ2v) is 14.2. The van der Waals surface area contributed by atoms with Gasteiger partial charge in [-0.2, -0.15) is 0 Å². The Bertz CT molecular complexity index is 1640. The molecule has 0 unspecified atom stereocenters. The molecule has 2 aromatic heterocycles. The van der Waals surface area contributed by atoms with Crippen molar-refractivity contribution in [1.29, 1.82) is 0 Å². The van der Waals surface area contributed by atoms with Gasteiger partial charge in [-0.25, -0.2) is 21.6 Å². The number of hydrogen-bond acceptors (Lipinski definition) is 9. The molecule has 0 saturated heterocycles. The summed E-state index contributed by atoms with van der Waals surface area (Å²) in [4.78, 5) is 25.1. The molecule has 0 aliphatic rings. The van der Waals surface area contributed by atoms with E-state index in [4.69, 9.17) is 27.9 Å². The normalized spacial score (nSPS) is 11.5. The van der Waals surface area contributed by atoms with Crippen LogP contribution in [0.25, 0.3) is 0 Å². The molecule has 3 N–H and O–H groups in total. The monoisotopic (exact) mass is 645 g/mol. The highest BCUT2D eigenvalue weighted by Gasteiger charge is 2.21. The van der Waals surface area contributed by atoms with Gasteiger partial charge in [0.15, 0.2) is 6.61 Å². The standard InChI is InChI=1S/C23H17Cl2N3O7S4/c24-15-5-6-18(25)19(11-15)26-20(29)13-35-23(30)14-9-16(27-38(31,32)21-3-1-7-36-21)12-17(10-14)28-39(33,34)22-4-2-8-37-22/h1-12,27-28H,13H2,(H,26,29). The second kappa shape index (κ2) is 11.9. The Kier molecular flexibility index (Phi) is 8.83. The summed E-state index contributed by atoms with van der Waals surface area (Å²) in [5.74, 6) is -1.74. The zero-order valence-corrected chi connectivity index (χ0v) is 24.2. The number of anilines is 3. The Morgan fingerprint density at radius 3 is 1.87 bits per heavy atom. The summed E-state index contributed by atoms with van der Waals surface area (Å²) in [5.41, 5.74) is -0.243. The van der Waals surface area contributed by atoms with E-state index in [0.717, 1.165) is 34.8 Å². The van der Waals surface area contributed by atoms with Crippen LogP contribution in [0.5, 0.6) is 0 Å². The Labute approximate surface area is 241 Å². The Balaban J connectivity index is 1.57. The lowest BCUT2D eigenvalue weighted by molar-refractivity contribution is -0.119. The van der Waals surface area contributed by atoms with E-state index in [2.05, 4.69) is 14.8 Å². The number of sulfonamides is 2. The molecule has 0 atom stereocenters. The molecule has 204 valence electrons. The summed E-state index contributed by atoms with van der Waals surface area (Å²) >= 11 is 13.9. The van der Waals surface area contributed by atoms with Crippen LogP contribution in [-0.4, -0.2) is 35.3 Å². The van der Waals surface area contributed by atoms with Gasteiger partial charge in [-0.15, -0.1) is 22.7 Å². The molecule has 0 saturated carbocycles. The number of amides is 1. The summed E-state index contributed by atoms with van der Waals surface area (Å²) in [6.07, 6.45) is 0. The zero-order chi connectivity index (χ0) is 28.2. The highest BCUT2D eigenvalue weighted by molar-refractivity contribution is 7.95. The largest absolute Gasteiger partial charge is 0.452 e. The summed E-state index contributed by atoms with van der Waals surface area (Å²) in [5, 5.41) is 6.15. The van der Waals surface area contributed by atoms with Gasteiger partial charge in [-0.3, -0.25) is 14.2 Å². The SMILES string of the molecule is O=C(COC(=O)c1cc(NS(=O)(=O)c2cccs2)cc(NS(=O)(=O)c2cccs2)c1)Nc1cc(Cl)ccc1Cl. The first-order chi connectivity index (χ1) is 18.4. The molecular weight excluding hydrogens is 629 g/mol. The van der Waals surface area contributed by atoms with Crippen LogP contribution in [0.4, 0.5) is 17.1 Å². The summed E-state index contributed by atoms with van der Waals surface area (Å²) in [6.45, 7) is -0.719. The molecule has 0 fully saturated rings. The molecule has 2 heterocycles. The van der Waals surface area contributed by atoms with Crippen LogP contribution in [0.1, 0.15) is 10.4 Å². The highest BCUT2D eigenvalue weighted by atomic mass is 35.5. The topological polar surface area (TPSA) is 148 Å². The van der Waals surface area contributed by atoms with Crippen molar-refractivity contribution in [2.45, 2.75) is 8.42 Å². The van der Waals surface area contributed by atoms with Crippen molar-refractivity contribution < 1.29 is 31.2 Å². The Morgan fingerprint density at radius 2 is 1.36 bits per heavy atom. The molecule has 0 aliphatic carbocycles.